The number of carbonyl (C=O) groups is 2. The summed E-state index contributed by atoms with van der Waals surface area (Å²) >= 11 is 0. The molecule has 0 spiro atoms. The van der Waals surface area contributed by atoms with Gasteiger partial charge in [0.1, 0.15) is 0 Å². The number of nitrogens with zero attached hydrogens (tertiary/aromatic N) is 4. The van der Waals surface area contributed by atoms with E-state index in [-0.39, 0.29) is 24.8 Å². The van der Waals surface area contributed by atoms with Crippen molar-refractivity contribution < 1.29 is 28.9 Å². The van der Waals surface area contributed by atoms with E-state index < -0.39 is 23.8 Å². The van der Waals surface area contributed by atoms with E-state index in [1.54, 1.807) is 58.4 Å². The van der Waals surface area contributed by atoms with Crippen LogP contribution in [-0.2, 0) is 16.1 Å². The number of anilines is 1. The minimum Gasteiger partial charge on any atom is -0.493 e. The highest BCUT2D eigenvalue weighted by atomic mass is 16.7. The van der Waals surface area contributed by atoms with Crippen LogP contribution in [0.5, 0.6) is 17.2 Å². The number of carbonyl (C=O) groups excluding carboxylic acids is 1. The molecule has 0 aliphatic carbocycles. The highest BCUT2D eigenvalue weighted by molar-refractivity contribution is 5.94. The number of fused-ring (bicyclic) bond motifs is 1. The number of likely N-dealkylation sites (tertiary alicyclic amines) is 1. The lowest BCUT2D eigenvalue weighted by Crippen LogP contribution is -2.45. The SMILES string of the molecule is CCCCN(C(=O)CN1CC(c2cc(OC)c3c(c2)OCO3)C(C(=O)O)C1CCn1ccccc1=O)c1cccnc1. The number of carboxylic acid groups (broad SMARTS) is 1. The molecule has 11 nitrogen and oxygen atoms in total. The van der Waals surface area contributed by atoms with Crippen LogP contribution in [0.4, 0.5) is 5.69 Å². The summed E-state index contributed by atoms with van der Waals surface area (Å²) in [7, 11) is 1.53. The quantitative estimate of drug-likeness (QED) is 0.346. The average Bonchev–Trinajstić information content (AvgIpc) is 3.62. The molecule has 0 radical (unpaired) electrons. The lowest BCUT2D eigenvalue weighted by molar-refractivity contribution is -0.143. The number of hydrogen-bond donors (Lipinski definition) is 1. The van der Waals surface area contributed by atoms with Gasteiger partial charge in [0.25, 0.3) is 0 Å². The molecule has 42 heavy (non-hydrogen) atoms. The van der Waals surface area contributed by atoms with Gasteiger partial charge in [-0.1, -0.05) is 19.4 Å². The Morgan fingerprint density at radius 3 is 2.76 bits per heavy atom. The fraction of sp³-hybridized carbons (Fsp3) is 0.419. The van der Waals surface area contributed by atoms with E-state index >= 15 is 0 Å². The Morgan fingerprint density at radius 2 is 2.05 bits per heavy atom. The summed E-state index contributed by atoms with van der Waals surface area (Å²) in [5.74, 6) is -0.950. The van der Waals surface area contributed by atoms with Crippen molar-refractivity contribution in [3.8, 4) is 17.2 Å². The molecule has 2 aliphatic rings. The Morgan fingerprint density at radius 1 is 1.19 bits per heavy atom. The van der Waals surface area contributed by atoms with E-state index in [4.69, 9.17) is 14.2 Å². The summed E-state index contributed by atoms with van der Waals surface area (Å²) in [6.07, 6.45) is 7.12. The van der Waals surface area contributed by atoms with Crippen LogP contribution in [0.15, 0.2) is 65.8 Å². The molecule has 2 aromatic heterocycles. The van der Waals surface area contributed by atoms with Gasteiger partial charge in [0.2, 0.25) is 24.0 Å². The van der Waals surface area contributed by atoms with Crippen LogP contribution >= 0.6 is 0 Å². The maximum Gasteiger partial charge on any atom is 0.308 e. The van der Waals surface area contributed by atoms with Gasteiger partial charge < -0.3 is 28.8 Å². The highest BCUT2D eigenvalue weighted by Crippen LogP contribution is 2.47. The van der Waals surface area contributed by atoms with E-state index in [0.29, 0.717) is 49.0 Å². The van der Waals surface area contributed by atoms with Crippen molar-refractivity contribution in [2.24, 2.45) is 5.92 Å². The number of benzene rings is 1. The molecule has 3 aromatic rings. The molecule has 11 heteroatoms. The number of methoxy groups -OCH3 is 1. The Labute approximate surface area is 244 Å². The third-order valence-corrected chi connectivity index (χ3v) is 8.04. The second kappa shape index (κ2) is 13.1. The molecular formula is C31H36N4O7. The topological polar surface area (TPSA) is 123 Å². The fourth-order valence-corrected chi connectivity index (χ4v) is 5.96. The lowest BCUT2D eigenvalue weighted by Gasteiger charge is -2.29. The number of ether oxygens (including phenoxy) is 3. The van der Waals surface area contributed by atoms with E-state index in [0.717, 1.165) is 18.4 Å². The van der Waals surface area contributed by atoms with Gasteiger partial charge in [0, 0.05) is 50.1 Å². The number of aliphatic carboxylic acids is 1. The first-order valence-corrected chi connectivity index (χ1v) is 14.2. The number of unbranched alkanes of at least 4 members (excludes halogenated alkanes) is 1. The summed E-state index contributed by atoms with van der Waals surface area (Å²) in [5.41, 5.74) is 1.27. The first-order chi connectivity index (χ1) is 20.4. The second-order valence-corrected chi connectivity index (χ2v) is 10.6. The summed E-state index contributed by atoms with van der Waals surface area (Å²) in [6.45, 7) is 3.32. The van der Waals surface area contributed by atoms with E-state index in [1.165, 1.54) is 13.2 Å². The van der Waals surface area contributed by atoms with Gasteiger partial charge in [0.05, 0.1) is 31.5 Å². The molecule has 222 valence electrons. The zero-order chi connectivity index (χ0) is 29.6. The standard InChI is InChI=1S/C31H36N4O7/c1-3-4-13-35(22-8-7-11-32-17-22)28(37)19-34-18-23(21-15-25(40-2)30-26(16-21)41-20-42-30)29(31(38)39)24(34)10-14-33-12-6-5-9-27(33)36/h5-9,11-12,15-17,23-24,29H,3-4,10,13-14,18-20H2,1-2H3,(H,38,39). The van der Waals surface area contributed by atoms with Crippen LogP contribution in [0.2, 0.25) is 0 Å². The Balaban J connectivity index is 1.48. The zero-order valence-electron chi connectivity index (χ0n) is 23.8. The molecule has 1 saturated heterocycles. The molecule has 0 saturated carbocycles. The van der Waals surface area contributed by atoms with Gasteiger partial charge in [-0.15, -0.1) is 0 Å². The van der Waals surface area contributed by atoms with Gasteiger partial charge in [-0.25, -0.2) is 0 Å². The maximum absolute atomic E-state index is 13.9. The molecule has 3 atom stereocenters. The lowest BCUT2D eigenvalue weighted by atomic mass is 9.84. The van der Waals surface area contributed by atoms with Gasteiger partial charge in [-0.3, -0.25) is 24.3 Å². The van der Waals surface area contributed by atoms with E-state index in [1.807, 2.05) is 11.0 Å². The number of aromatic nitrogens is 2. The van der Waals surface area contributed by atoms with E-state index in [9.17, 15) is 19.5 Å². The predicted octanol–water partition coefficient (Wildman–Crippen LogP) is 3.37. The number of hydrogen-bond acceptors (Lipinski definition) is 8. The highest BCUT2D eigenvalue weighted by Gasteiger charge is 2.47. The molecular weight excluding hydrogens is 540 g/mol. The first-order valence-electron chi connectivity index (χ1n) is 14.2. The van der Waals surface area contributed by atoms with E-state index in [2.05, 4.69) is 11.9 Å². The van der Waals surface area contributed by atoms with Crippen LogP contribution in [0.25, 0.3) is 0 Å². The Hall–Kier alpha value is -4.38. The third kappa shape index (κ3) is 6.11. The van der Waals surface area contributed by atoms with Crippen LogP contribution < -0.4 is 24.7 Å². The number of amides is 1. The Kier molecular flexibility index (Phi) is 9.06. The summed E-state index contributed by atoms with van der Waals surface area (Å²) < 4.78 is 18.3. The molecule has 1 aromatic carbocycles. The monoisotopic (exact) mass is 576 g/mol. The fourth-order valence-electron chi connectivity index (χ4n) is 5.96. The zero-order valence-corrected chi connectivity index (χ0v) is 23.8. The molecule has 1 amide bonds. The largest absolute Gasteiger partial charge is 0.493 e. The number of carboxylic acids is 1. The molecule has 0 bridgehead atoms. The van der Waals surface area contributed by atoms with Crippen molar-refractivity contribution in [3.05, 3.63) is 77.0 Å². The average molecular weight is 577 g/mol. The van der Waals surface area contributed by atoms with Gasteiger partial charge in [-0.05, 0) is 48.7 Å². The second-order valence-electron chi connectivity index (χ2n) is 10.6. The molecule has 3 unspecified atom stereocenters. The normalized spacial score (nSPS) is 19.5. The van der Waals surface area contributed by atoms with Crippen LogP contribution in [0, 0.1) is 5.92 Å². The van der Waals surface area contributed by atoms with Crippen molar-refractivity contribution in [3.63, 3.8) is 0 Å². The summed E-state index contributed by atoms with van der Waals surface area (Å²) in [6, 6.07) is 11.7. The number of pyridine rings is 2. The summed E-state index contributed by atoms with van der Waals surface area (Å²) in [4.78, 5) is 47.1. The van der Waals surface area contributed by atoms with Crippen molar-refractivity contribution in [1.82, 2.24) is 14.5 Å². The first kappa shape index (κ1) is 29.1. The number of aryl methyl sites for hydroxylation is 1. The predicted molar refractivity (Wildman–Crippen MR) is 155 cm³/mol. The van der Waals surface area contributed by atoms with Crippen molar-refractivity contribution in [2.45, 2.75) is 44.7 Å². The van der Waals surface area contributed by atoms with Crippen LogP contribution in [0.3, 0.4) is 0 Å². The van der Waals surface area contributed by atoms with Gasteiger partial charge in [0.15, 0.2) is 11.5 Å². The minimum atomic E-state index is -0.966. The minimum absolute atomic E-state index is 0.0227. The molecule has 4 heterocycles. The van der Waals surface area contributed by atoms with Gasteiger partial charge >= 0.3 is 5.97 Å². The van der Waals surface area contributed by atoms with Crippen LogP contribution in [0.1, 0.15) is 37.7 Å². The molecule has 1 N–H and O–H groups in total. The number of rotatable bonds is 12. The smallest absolute Gasteiger partial charge is 0.308 e. The van der Waals surface area contributed by atoms with Crippen molar-refractivity contribution in [1.29, 1.82) is 0 Å². The van der Waals surface area contributed by atoms with Crippen LogP contribution in [-0.4, -0.2) is 71.0 Å². The molecule has 2 aliphatic heterocycles. The molecule has 5 rings (SSSR count). The third-order valence-electron chi connectivity index (χ3n) is 8.04. The Bertz CT molecular complexity index is 1460. The summed E-state index contributed by atoms with van der Waals surface area (Å²) in [5, 5.41) is 10.6. The molecule has 1 fully saturated rings. The van der Waals surface area contributed by atoms with Gasteiger partial charge in [-0.2, -0.15) is 0 Å². The van der Waals surface area contributed by atoms with Crippen molar-refractivity contribution in [2.75, 3.05) is 38.4 Å². The maximum atomic E-state index is 13.9. The van der Waals surface area contributed by atoms with Crippen molar-refractivity contribution >= 4 is 17.6 Å².